The number of nitrogens with zero attached hydrogens (tertiary/aromatic N) is 4. The fourth-order valence-corrected chi connectivity index (χ4v) is 3.71. The van der Waals surface area contributed by atoms with Crippen LogP contribution in [0.25, 0.3) is 0 Å². The third kappa shape index (κ3) is 3.50. The Labute approximate surface area is 148 Å². The van der Waals surface area contributed by atoms with Crippen LogP contribution in [0.5, 0.6) is 0 Å². The maximum Gasteiger partial charge on any atom is 0.131 e. The van der Waals surface area contributed by atoms with Crippen LogP contribution in [0.15, 0.2) is 12.4 Å². The first kappa shape index (κ1) is 17.5. The minimum Gasteiger partial charge on any atom is -0.381 e. The van der Waals surface area contributed by atoms with E-state index in [9.17, 15) is 0 Å². The molecule has 3 rings (SSSR count). The van der Waals surface area contributed by atoms with Crippen LogP contribution in [0.1, 0.15) is 42.9 Å². The zero-order valence-corrected chi connectivity index (χ0v) is 15.4. The Morgan fingerprint density at radius 1 is 1.42 bits per heavy atom. The van der Waals surface area contributed by atoms with Gasteiger partial charge in [0.2, 0.25) is 0 Å². The maximum absolute atomic E-state index is 6.39. The summed E-state index contributed by atoms with van der Waals surface area (Å²) in [6.07, 6.45) is 6.03. The van der Waals surface area contributed by atoms with Gasteiger partial charge in [-0.3, -0.25) is 4.68 Å². The average Bonchev–Trinajstić information content (AvgIpc) is 3.15. The smallest absolute Gasteiger partial charge is 0.131 e. The zero-order chi connectivity index (χ0) is 17.1. The van der Waals surface area contributed by atoms with Crippen molar-refractivity contribution in [3.8, 4) is 0 Å². The molecule has 0 amide bonds. The van der Waals surface area contributed by atoms with Crippen LogP contribution < -0.4 is 5.32 Å². The Bertz CT molecular complexity index is 675. The quantitative estimate of drug-likeness (QED) is 0.869. The van der Waals surface area contributed by atoms with Gasteiger partial charge >= 0.3 is 0 Å². The van der Waals surface area contributed by atoms with Crippen molar-refractivity contribution in [2.24, 2.45) is 13.0 Å². The SMILES string of the molecule is CCn1ccnc1[C@@H](NCc1c(C)nn(C)c1Cl)C1CCOCC1. The Hall–Kier alpha value is -1.37. The molecule has 1 N–H and O–H groups in total. The fraction of sp³-hybridized carbons (Fsp3) is 0.647. The van der Waals surface area contributed by atoms with Gasteiger partial charge in [-0.2, -0.15) is 5.10 Å². The summed E-state index contributed by atoms with van der Waals surface area (Å²) >= 11 is 6.39. The van der Waals surface area contributed by atoms with E-state index in [4.69, 9.17) is 16.3 Å². The van der Waals surface area contributed by atoms with Crippen LogP contribution in [0.3, 0.4) is 0 Å². The van der Waals surface area contributed by atoms with Gasteiger partial charge < -0.3 is 14.6 Å². The van der Waals surface area contributed by atoms with Gasteiger partial charge in [0.05, 0.1) is 11.7 Å². The minimum absolute atomic E-state index is 0.194. The second kappa shape index (κ2) is 7.68. The largest absolute Gasteiger partial charge is 0.381 e. The van der Waals surface area contributed by atoms with E-state index in [0.29, 0.717) is 17.6 Å². The van der Waals surface area contributed by atoms with Gasteiger partial charge in [-0.15, -0.1) is 0 Å². The number of imidazole rings is 1. The molecule has 2 aromatic rings. The highest BCUT2D eigenvalue weighted by Gasteiger charge is 2.28. The molecule has 1 saturated heterocycles. The molecule has 0 bridgehead atoms. The molecule has 7 heteroatoms. The molecule has 0 saturated carbocycles. The van der Waals surface area contributed by atoms with E-state index >= 15 is 0 Å². The molecule has 6 nitrogen and oxygen atoms in total. The summed E-state index contributed by atoms with van der Waals surface area (Å²) in [5.41, 5.74) is 2.03. The van der Waals surface area contributed by atoms with Crippen molar-refractivity contribution in [2.75, 3.05) is 13.2 Å². The van der Waals surface area contributed by atoms with Gasteiger partial charge in [-0.25, -0.2) is 4.98 Å². The molecule has 24 heavy (non-hydrogen) atoms. The molecule has 0 aromatic carbocycles. The number of hydrogen-bond acceptors (Lipinski definition) is 4. The highest BCUT2D eigenvalue weighted by atomic mass is 35.5. The number of aromatic nitrogens is 4. The molecule has 0 unspecified atom stereocenters. The van der Waals surface area contributed by atoms with Crippen molar-refractivity contribution in [1.29, 1.82) is 0 Å². The molecular formula is C17H26ClN5O. The lowest BCUT2D eigenvalue weighted by atomic mass is 9.91. The summed E-state index contributed by atoms with van der Waals surface area (Å²) in [6, 6.07) is 0.194. The highest BCUT2D eigenvalue weighted by Crippen LogP contribution is 2.30. The van der Waals surface area contributed by atoms with Crippen molar-refractivity contribution in [3.05, 3.63) is 34.6 Å². The summed E-state index contributed by atoms with van der Waals surface area (Å²) in [5.74, 6) is 1.62. The lowest BCUT2D eigenvalue weighted by Gasteiger charge is -2.31. The molecule has 2 aromatic heterocycles. The molecule has 0 spiro atoms. The second-order valence-corrected chi connectivity index (χ2v) is 6.72. The number of ether oxygens (including phenoxy) is 1. The molecule has 0 radical (unpaired) electrons. The normalized spacial score (nSPS) is 17.3. The second-order valence-electron chi connectivity index (χ2n) is 6.36. The van der Waals surface area contributed by atoms with E-state index < -0.39 is 0 Å². The first-order valence-electron chi connectivity index (χ1n) is 8.62. The van der Waals surface area contributed by atoms with Gasteiger partial charge in [-0.05, 0) is 32.6 Å². The molecule has 1 atom stereocenters. The molecule has 0 aliphatic carbocycles. The van der Waals surface area contributed by atoms with Gasteiger partial charge in [0.1, 0.15) is 11.0 Å². The van der Waals surface area contributed by atoms with Crippen LogP contribution >= 0.6 is 11.6 Å². The summed E-state index contributed by atoms with van der Waals surface area (Å²) in [5, 5.41) is 8.80. The van der Waals surface area contributed by atoms with Crippen LogP contribution in [-0.4, -0.2) is 32.5 Å². The van der Waals surface area contributed by atoms with E-state index in [1.165, 1.54) is 0 Å². The molecule has 1 aliphatic heterocycles. The zero-order valence-electron chi connectivity index (χ0n) is 14.6. The van der Waals surface area contributed by atoms with Crippen LogP contribution in [0, 0.1) is 12.8 Å². The first-order valence-corrected chi connectivity index (χ1v) is 8.99. The standard InChI is InChI=1S/C17H26ClN5O/c1-4-23-8-7-19-17(23)15(13-5-9-24-10-6-13)20-11-14-12(2)21-22(3)16(14)18/h7-8,13,15,20H,4-6,9-11H2,1-3H3/t15-/m0/s1. The Balaban J connectivity index is 1.82. The number of nitrogens with one attached hydrogen (secondary N) is 1. The monoisotopic (exact) mass is 351 g/mol. The van der Waals surface area contributed by atoms with Crippen LogP contribution in [0.2, 0.25) is 5.15 Å². The molecule has 3 heterocycles. The molecule has 1 aliphatic rings. The average molecular weight is 352 g/mol. The number of aryl methyl sites for hydroxylation is 3. The summed E-state index contributed by atoms with van der Waals surface area (Å²) in [4.78, 5) is 4.63. The Morgan fingerprint density at radius 2 is 2.17 bits per heavy atom. The van der Waals surface area contributed by atoms with Gasteiger partial charge in [0.15, 0.2) is 0 Å². The van der Waals surface area contributed by atoms with Crippen molar-refractivity contribution in [1.82, 2.24) is 24.6 Å². The van der Waals surface area contributed by atoms with E-state index in [1.807, 2.05) is 26.4 Å². The molecular weight excluding hydrogens is 326 g/mol. The lowest BCUT2D eigenvalue weighted by Crippen LogP contribution is -2.34. The fourth-order valence-electron chi connectivity index (χ4n) is 3.47. The van der Waals surface area contributed by atoms with Gasteiger partial charge in [0.25, 0.3) is 0 Å². The molecule has 132 valence electrons. The Morgan fingerprint density at radius 3 is 2.79 bits per heavy atom. The summed E-state index contributed by atoms with van der Waals surface area (Å²) in [6.45, 7) is 7.40. The van der Waals surface area contributed by atoms with E-state index in [2.05, 4.69) is 26.9 Å². The van der Waals surface area contributed by atoms with Crippen LogP contribution in [0.4, 0.5) is 0 Å². The lowest BCUT2D eigenvalue weighted by molar-refractivity contribution is 0.0517. The first-order chi connectivity index (χ1) is 11.6. The van der Waals surface area contributed by atoms with Crippen molar-refractivity contribution >= 4 is 11.6 Å². The predicted octanol–water partition coefficient (Wildman–Crippen LogP) is 2.86. The molecule has 1 fully saturated rings. The third-order valence-electron chi connectivity index (χ3n) is 4.87. The van der Waals surface area contributed by atoms with Crippen molar-refractivity contribution in [3.63, 3.8) is 0 Å². The third-order valence-corrected chi connectivity index (χ3v) is 5.35. The van der Waals surface area contributed by atoms with Gasteiger partial charge in [0, 0.05) is 51.3 Å². The number of halogens is 1. The summed E-state index contributed by atoms with van der Waals surface area (Å²) < 4.78 is 9.48. The van der Waals surface area contributed by atoms with Crippen LogP contribution in [-0.2, 0) is 24.9 Å². The van der Waals surface area contributed by atoms with Crippen molar-refractivity contribution < 1.29 is 4.74 Å². The van der Waals surface area contributed by atoms with Gasteiger partial charge in [-0.1, -0.05) is 11.6 Å². The highest BCUT2D eigenvalue weighted by molar-refractivity contribution is 6.30. The number of rotatable bonds is 6. The maximum atomic E-state index is 6.39. The predicted molar refractivity (Wildman–Crippen MR) is 94.0 cm³/mol. The van der Waals surface area contributed by atoms with Crippen molar-refractivity contribution in [2.45, 2.75) is 45.8 Å². The summed E-state index contributed by atoms with van der Waals surface area (Å²) in [7, 11) is 1.87. The van der Waals surface area contributed by atoms with E-state index in [-0.39, 0.29) is 6.04 Å². The van der Waals surface area contributed by atoms with E-state index in [1.54, 1.807) is 4.68 Å². The minimum atomic E-state index is 0.194. The Kier molecular flexibility index (Phi) is 5.58. The number of hydrogen-bond donors (Lipinski definition) is 1. The van der Waals surface area contributed by atoms with E-state index in [0.717, 1.165) is 49.7 Å². The topological polar surface area (TPSA) is 56.9 Å².